The van der Waals surface area contributed by atoms with E-state index in [1.807, 2.05) is 6.07 Å². The van der Waals surface area contributed by atoms with E-state index in [2.05, 4.69) is 17.6 Å². The zero-order valence-corrected chi connectivity index (χ0v) is 9.62. The fourth-order valence-electron chi connectivity index (χ4n) is 2.51. The van der Waals surface area contributed by atoms with Gasteiger partial charge in [-0.1, -0.05) is 6.92 Å². The molecular weight excluding hydrogens is 216 g/mol. The van der Waals surface area contributed by atoms with Gasteiger partial charge in [0.05, 0.1) is 11.1 Å². The lowest BCUT2D eigenvalue weighted by atomic mass is 9.82. The third-order valence-corrected chi connectivity index (χ3v) is 3.48. The maximum Gasteiger partial charge on any atom is 0.259 e. The number of carbonyl (C=O) groups excluding carboxylic acids is 2. The van der Waals surface area contributed by atoms with Crippen LogP contribution in [0, 0.1) is 5.92 Å². The first-order valence-electron chi connectivity index (χ1n) is 5.90. The predicted octanol–water partition coefficient (Wildman–Crippen LogP) is 1.78. The number of carbonyl (C=O) groups is 2. The van der Waals surface area contributed by atoms with Gasteiger partial charge in [0.2, 0.25) is 0 Å². The van der Waals surface area contributed by atoms with Crippen LogP contribution in [0.25, 0.3) is 0 Å². The third kappa shape index (κ3) is 1.69. The van der Waals surface area contributed by atoms with Crippen LogP contribution in [0.4, 0.5) is 5.69 Å². The van der Waals surface area contributed by atoms with Crippen LogP contribution >= 0.6 is 0 Å². The van der Waals surface area contributed by atoms with Gasteiger partial charge in [-0.3, -0.25) is 14.9 Å². The second-order valence-corrected chi connectivity index (χ2v) is 4.96. The minimum atomic E-state index is -0.297. The lowest BCUT2D eigenvalue weighted by molar-refractivity contribution is 0.0879. The van der Waals surface area contributed by atoms with E-state index < -0.39 is 0 Å². The Morgan fingerprint density at radius 3 is 2.59 bits per heavy atom. The second kappa shape index (κ2) is 3.58. The molecule has 1 saturated carbocycles. The molecule has 1 heterocycles. The van der Waals surface area contributed by atoms with Crippen LogP contribution in [0.1, 0.15) is 40.5 Å². The second-order valence-electron chi connectivity index (χ2n) is 4.96. The molecule has 0 spiro atoms. The number of amides is 2. The molecule has 2 N–H and O–H groups in total. The largest absolute Gasteiger partial charge is 0.382 e. The molecule has 1 aliphatic heterocycles. The first-order valence-corrected chi connectivity index (χ1v) is 5.90. The Kier molecular flexibility index (Phi) is 2.18. The van der Waals surface area contributed by atoms with Gasteiger partial charge in [0.15, 0.2) is 0 Å². The van der Waals surface area contributed by atoms with Gasteiger partial charge >= 0.3 is 0 Å². The number of imide groups is 1. The topological polar surface area (TPSA) is 58.2 Å². The summed E-state index contributed by atoms with van der Waals surface area (Å²) in [6, 6.07) is 5.83. The molecule has 0 unspecified atom stereocenters. The molecule has 1 aromatic carbocycles. The Labute approximate surface area is 99.4 Å². The van der Waals surface area contributed by atoms with E-state index in [4.69, 9.17) is 0 Å². The highest BCUT2D eigenvalue weighted by atomic mass is 16.2. The van der Waals surface area contributed by atoms with E-state index in [1.54, 1.807) is 12.1 Å². The molecular formula is C13H14N2O2. The van der Waals surface area contributed by atoms with Gasteiger partial charge in [-0.2, -0.15) is 0 Å². The number of hydrogen-bond donors (Lipinski definition) is 2. The summed E-state index contributed by atoms with van der Waals surface area (Å²) in [5, 5.41) is 5.67. The summed E-state index contributed by atoms with van der Waals surface area (Å²) in [7, 11) is 0. The van der Waals surface area contributed by atoms with Gasteiger partial charge in [0, 0.05) is 11.7 Å². The van der Waals surface area contributed by atoms with Crippen LogP contribution in [-0.2, 0) is 0 Å². The van der Waals surface area contributed by atoms with Crippen LogP contribution in [0.2, 0.25) is 0 Å². The Hall–Kier alpha value is -1.84. The van der Waals surface area contributed by atoms with Gasteiger partial charge in [-0.05, 0) is 37.0 Å². The smallest absolute Gasteiger partial charge is 0.259 e. The quantitative estimate of drug-likeness (QED) is 0.761. The molecule has 1 aromatic rings. The molecule has 4 heteroatoms. The van der Waals surface area contributed by atoms with Crippen LogP contribution in [-0.4, -0.2) is 17.9 Å². The van der Waals surface area contributed by atoms with Gasteiger partial charge in [0.1, 0.15) is 0 Å². The predicted molar refractivity (Wildman–Crippen MR) is 64.0 cm³/mol. The van der Waals surface area contributed by atoms with Gasteiger partial charge in [-0.25, -0.2) is 0 Å². The van der Waals surface area contributed by atoms with E-state index in [0.717, 1.165) is 11.6 Å². The lowest BCUT2D eigenvalue weighted by Crippen LogP contribution is -2.33. The van der Waals surface area contributed by atoms with Crippen molar-refractivity contribution in [3.05, 3.63) is 29.3 Å². The Morgan fingerprint density at radius 2 is 1.88 bits per heavy atom. The summed E-state index contributed by atoms with van der Waals surface area (Å²) in [5.74, 6) is 0.191. The van der Waals surface area contributed by atoms with Gasteiger partial charge < -0.3 is 5.32 Å². The van der Waals surface area contributed by atoms with Crippen molar-refractivity contribution in [1.82, 2.24) is 5.32 Å². The average Bonchev–Trinajstić information content (AvgIpc) is 2.53. The SMILES string of the molecule is CC1CC(Nc2ccc3c(c2)C(=O)NC3=O)C1. The van der Waals surface area contributed by atoms with Crippen molar-refractivity contribution in [3.8, 4) is 0 Å². The normalized spacial score (nSPS) is 26.2. The van der Waals surface area contributed by atoms with Crippen LogP contribution in [0.5, 0.6) is 0 Å². The highest BCUT2D eigenvalue weighted by Gasteiger charge is 2.28. The molecule has 2 aliphatic rings. The zero-order valence-electron chi connectivity index (χ0n) is 9.62. The van der Waals surface area contributed by atoms with Crippen molar-refractivity contribution in [1.29, 1.82) is 0 Å². The monoisotopic (exact) mass is 230 g/mol. The molecule has 0 saturated heterocycles. The minimum Gasteiger partial charge on any atom is -0.382 e. The molecule has 1 fully saturated rings. The zero-order chi connectivity index (χ0) is 12.0. The fraction of sp³-hybridized carbons (Fsp3) is 0.385. The number of hydrogen-bond acceptors (Lipinski definition) is 3. The maximum atomic E-state index is 11.5. The summed E-state index contributed by atoms with van der Waals surface area (Å²) in [6.07, 6.45) is 2.34. The number of benzene rings is 1. The molecule has 4 nitrogen and oxygen atoms in total. The molecule has 0 atom stereocenters. The third-order valence-electron chi connectivity index (χ3n) is 3.48. The molecule has 1 aliphatic carbocycles. The standard InChI is InChI=1S/C13H14N2O2/c1-7-4-9(5-7)14-8-2-3-10-11(6-8)13(17)15-12(10)16/h2-3,6-7,9,14H,4-5H2,1H3,(H,15,16,17). The van der Waals surface area contributed by atoms with Crippen molar-refractivity contribution < 1.29 is 9.59 Å². The van der Waals surface area contributed by atoms with Crippen molar-refractivity contribution in [2.75, 3.05) is 5.32 Å². The molecule has 17 heavy (non-hydrogen) atoms. The Balaban J connectivity index is 1.82. The number of anilines is 1. The number of nitrogens with one attached hydrogen (secondary N) is 2. The highest BCUT2D eigenvalue weighted by Crippen LogP contribution is 2.30. The summed E-state index contributed by atoms with van der Waals surface area (Å²) in [6.45, 7) is 2.23. The Bertz CT molecular complexity index is 504. The van der Waals surface area contributed by atoms with Crippen molar-refractivity contribution in [3.63, 3.8) is 0 Å². The van der Waals surface area contributed by atoms with Crippen molar-refractivity contribution in [2.24, 2.45) is 5.92 Å². The highest BCUT2D eigenvalue weighted by molar-refractivity contribution is 6.21. The first-order chi connectivity index (χ1) is 8.13. The number of fused-ring (bicyclic) bond motifs is 1. The maximum absolute atomic E-state index is 11.5. The average molecular weight is 230 g/mol. The lowest BCUT2D eigenvalue weighted by Gasteiger charge is -2.34. The molecule has 3 rings (SSSR count). The summed E-state index contributed by atoms with van der Waals surface area (Å²) < 4.78 is 0. The molecule has 0 bridgehead atoms. The summed E-state index contributed by atoms with van der Waals surface area (Å²) in [5.41, 5.74) is 1.88. The van der Waals surface area contributed by atoms with E-state index in [0.29, 0.717) is 17.2 Å². The minimum absolute atomic E-state index is 0.296. The van der Waals surface area contributed by atoms with Crippen molar-refractivity contribution >= 4 is 17.5 Å². The molecule has 88 valence electrons. The van der Waals surface area contributed by atoms with Crippen LogP contribution in [0.15, 0.2) is 18.2 Å². The summed E-state index contributed by atoms with van der Waals surface area (Å²) >= 11 is 0. The summed E-state index contributed by atoms with van der Waals surface area (Å²) in [4.78, 5) is 22.9. The Morgan fingerprint density at radius 1 is 1.18 bits per heavy atom. The van der Waals surface area contributed by atoms with E-state index in [-0.39, 0.29) is 11.8 Å². The van der Waals surface area contributed by atoms with Gasteiger partial charge in [0.25, 0.3) is 11.8 Å². The van der Waals surface area contributed by atoms with E-state index in [9.17, 15) is 9.59 Å². The molecule has 0 aromatic heterocycles. The van der Waals surface area contributed by atoms with E-state index in [1.165, 1.54) is 12.8 Å². The van der Waals surface area contributed by atoms with Crippen LogP contribution < -0.4 is 10.6 Å². The van der Waals surface area contributed by atoms with Gasteiger partial charge in [-0.15, -0.1) is 0 Å². The molecule has 0 radical (unpaired) electrons. The fourth-order valence-corrected chi connectivity index (χ4v) is 2.51. The molecule has 2 amide bonds. The van der Waals surface area contributed by atoms with E-state index >= 15 is 0 Å². The van der Waals surface area contributed by atoms with Crippen LogP contribution in [0.3, 0.4) is 0 Å². The first kappa shape index (κ1) is 10.3. The van der Waals surface area contributed by atoms with Crippen molar-refractivity contribution in [2.45, 2.75) is 25.8 Å². The number of rotatable bonds is 2.